The van der Waals surface area contributed by atoms with Crippen LogP contribution in [0.4, 0.5) is 0 Å². The van der Waals surface area contributed by atoms with Gasteiger partial charge in [0.05, 0.1) is 23.8 Å². The van der Waals surface area contributed by atoms with E-state index < -0.39 is 11.3 Å². The minimum Gasteiger partial charge on any atom is -0.509 e. The number of nitrogens with one attached hydrogen (secondary N) is 1. The van der Waals surface area contributed by atoms with Gasteiger partial charge in [0.2, 0.25) is 0 Å². The Morgan fingerprint density at radius 1 is 1.03 bits per heavy atom. The third-order valence-corrected chi connectivity index (χ3v) is 7.13. The quantitative estimate of drug-likeness (QED) is 0.621. The average molecular weight is 460 g/mol. The molecule has 1 aliphatic carbocycles. The molecule has 1 saturated carbocycles. The third-order valence-electron chi connectivity index (χ3n) is 6.55. The van der Waals surface area contributed by atoms with E-state index >= 15 is 0 Å². The lowest BCUT2D eigenvalue weighted by Gasteiger charge is -2.41. The molecule has 162 valence electrons. The molecule has 5 rings (SSSR count). The summed E-state index contributed by atoms with van der Waals surface area (Å²) in [6.07, 6.45) is 2.34. The van der Waals surface area contributed by atoms with Crippen molar-refractivity contribution in [2.45, 2.75) is 50.0 Å². The molecule has 0 bridgehead atoms. The summed E-state index contributed by atoms with van der Waals surface area (Å²) in [7, 11) is 0. The van der Waals surface area contributed by atoms with Crippen molar-refractivity contribution in [2.75, 3.05) is 6.61 Å². The smallest absolute Gasteiger partial charge is 0.256 e. The first kappa shape index (κ1) is 20.8. The number of rotatable bonds is 2. The Morgan fingerprint density at radius 2 is 1.71 bits per heavy atom. The zero-order chi connectivity index (χ0) is 21.8. The molecule has 0 radical (unpaired) electrons. The molecule has 2 N–H and O–H groups in total. The fourth-order valence-corrected chi connectivity index (χ4v) is 5.20. The summed E-state index contributed by atoms with van der Waals surface area (Å²) in [5.74, 6) is -0.872. The largest absolute Gasteiger partial charge is 0.509 e. The molecule has 0 aromatic heterocycles. The first-order chi connectivity index (χ1) is 14.8. The molecular weight excluding hydrogens is 437 g/mol. The Balaban J connectivity index is 1.49. The number of benzene rings is 2. The number of aliphatic hydroxyl groups excluding tert-OH is 1. The molecule has 7 heteroatoms. The number of hydrogen-bond donors (Lipinski definition) is 2. The Kier molecular flexibility index (Phi) is 5.05. The summed E-state index contributed by atoms with van der Waals surface area (Å²) in [6.45, 7) is 2.56. The van der Waals surface area contributed by atoms with Crippen LogP contribution in [-0.2, 0) is 14.3 Å². The van der Waals surface area contributed by atoms with Gasteiger partial charge >= 0.3 is 0 Å². The minimum absolute atomic E-state index is 0.0496. The number of amides is 1. The van der Waals surface area contributed by atoms with Crippen LogP contribution in [-0.4, -0.2) is 35.1 Å². The molecular formula is C24H23Cl2NO4. The summed E-state index contributed by atoms with van der Waals surface area (Å²) < 4.78 is 11.9. The van der Waals surface area contributed by atoms with E-state index in [1.165, 1.54) is 0 Å². The molecule has 31 heavy (non-hydrogen) atoms. The zero-order valence-electron chi connectivity index (χ0n) is 17.1. The van der Waals surface area contributed by atoms with Crippen LogP contribution in [0.5, 0.6) is 0 Å². The topological polar surface area (TPSA) is 67.8 Å². The highest BCUT2D eigenvalue weighted by atomic mass is 35.5. The monoisotopic (exact) mass is 459 g/mol. The van der Waals surface area contributed by atoms with Gasteiger partial charge in [0, 0.05) is 28.5 Å². The number of aliphatic hydroxyl groups is 1. The molecule has 2 heterocycles. The van der Waals surface area contributed by atoms with Crippen LogP contribution in [0.25, 0.3) is 16.7 Å². The van der Waals surface area contributed by atoms with E-state index in [1.807, 2.05) is 43.3 Å². The number of carbonyl (C=O) groups is 1. The second kappa shape index (κ2) is 7.52. The van der Waals surface area contributed by atoms with E-state index in [1.54, 1.807) is 6.07 Å². The van der Waals surface area contributed by atoms with Crippen LogP contribution < -0.4 is 5.32 Å². The molecule has 5 nitrogen and oxygen atoms in total. The summed E-state index contributed by atoms with van der Waals surface area (Å²) in [4.78, 5) is 13.0. The van der Waals surface area contributed by atoms with E-state index in [9.17, 15) is 9.90 Å². The standard InChI is InChI=1S/C24H23Cl2NO4/c1-14-13-30-24(31-14)10-8-23(9-11-24)21(28)20(22(29)27-23)18-12-16(4-7-19(18)26)15-2-5-17(25)6-3-15/h2-7,12,14,28H,8-11,13H2,1H3,(H,27,29). The molecule has 1 saturated heterocycles. The number of ether oxygens (including phenoxy) is 2. The van der Waals surface area contributed by atoms with Gasteiger partial charge in [-0.3, -0.25) is 4.79 Å². The van der Waals surface area contributed by atoms with Gasteiger partial charge in [0.1, 0.15) is 5.76 Å². The van der Waals surface area contributed by atoms with E-state index in [2.05, 4.69) is 5.32 Å². The fraction of sp³-hybridized carbons (Fsp3) is 0.375. The lowest BCUT2D eigenvalue weighted by molar-refractivity contribution is -0.193. The van der Waals surface area contributed by atoms with Crippen molar-refractivity contribution in [3.8, 4) is 11.1 Å². The van der Waals surface area contributed by atoms with E-state index in [-0.39, 0.29) is 23.3 Å². The maximum absolute atomic E-state index is 13.0. The number of halogens is 2. The van der Waals surface area contributed by atoms with Crippen LogP contribution in [0, 0.1) is 0 Å². The summed E-state index contributed by atoms with van der Waals surface area (Å²) >= 11 is 12.5. The van der Waals surface area contributed by atoms with Crippen molar-refractivity contribution >= 4 is 34.7 Å². The van der Waals surface area contributed by atoms with Crippen molar-refractivity contribution in [1.29, 1.82) is 0 Å². The van der Waals surface area contributed by atoms with Gasteiger partial charge in [-0.25, -0.2) is 0 Å². The zero-order valence-corrected chi connectivity index (χ0v) is 18.6. The number of carbonyl (C=O) groups excluding carboxylic acids is 1. The third kappa shape index (κ3) is 3.54. The Morgan fingerprint density at radius 3 is 2.35 bits per heavy atom. The van der Waals surface area contributed by atoms with Crippen LogP contribution in [0.3, 0.4) is 0 Å². The fourth-order valence-electron chi connectivity index (χ4n) is 4.86. The molecule has 2 spiro atoms. The second-order valence-electron chi connectivity index (χ2n) is 8.61. The van der Waals surface area contributed by atoms with E-state index in [0.29, 0.717) is 47.9 Å². The van der Waals surface area contributed by atoms with Crippen LogP contribution in [0.1, 0.15) is 38.2 Å². The van der Waals surface area contributed by atoms with Gasteiger partial charge in [0.25, 0.3) is 5.91 Å². The highest BCUT2D eigenvalue weighted by Crippen LogP contribution is 2.48. The first-order valence-electron chi connectivity index (χ1n) is 10.4. The Labute approximate surface area is 190 Å². The highest BCUT2D eigenvalue weighted by Gasteiger charge is 2.54. The molecule has 1 unspecified atom stereocenters. The molecule has 2 fully saturated rings. The van der Waals surface area contributed by atoms with Gasteiger partial charge in [-0.2, -0.15) is 0 Å². The van der Waals surface area contributed by atoms with Crippen molar-refractivity contribution in [3.05, 3.63) is 63.8 Å². The van der Waals surface area contributed by atoms with E-state index in [0.717, 1.165) is 11.1 Å². The summed E-state index contributed by atoms with van der Waals surface area (Å²) in [6, 6.07) is 12.9. The lowest BCUT2D eigenvalue weighted by atomic mass is 9.77. The van der Waals surface area contributed by atoms with Gasteiger partial charge < -0.3 is 19.9 Å². The van der Waals surface area contributed by atoms with Crippen molar-refractivity contribution in [3.63, 3.8) is 0 Å². The predicted molar refractivity (Wildman–Crippen MR) is 120 cm³/mol. The van der Waals surface area contributed by atoms with Crippen LogP contribution in [0.2, 0.25) is 10.0 Å². The maximum Gasteiger partial charge on any atom is 0.256 e. The molecule has 2 aromatic rings. The van der Waals surface area contributed by atoms with Crippen LogP contribution >= 0.6 is 23.2 Å². The maximum atomic E-state index is 13.0. The second-order valence-corrected chi connectivity index (χ2v) is 9.46. The molecule has 1 atom stereocenters. The van der Waals surface area contributed by atoms with Gasteiger partial charge in [-0.05, 0) is 55.2 Å². The number of hydrogen-bond acceptors (Lipinski definition) is 4. The van der Waals surface area contributed by atoms with Gasteiger partial charge in [-0.15, -0.1) is 0 Å². The van der Waals surface area contributed by atoms with Crippen molar-refractivity contribution in [1.82, 2.24) is 5.32 Å². The van der Waals surface area contributed by atoms with E-state index in [4.69, 9.17) is 32.7 Å². The Bertz CT molecular complexity index is 1070. The average Bonchev–Trinajstić information content (AvgIpc) is 3.23. The van der Waals surface area contributed by atoms with Gasteiger partial charge in [0.15, 0.2) is 5.79 Å². The minimum atomic E-state index is -0.810. The molecule has 1 amide bonds. The first-order valence-corrected chi connectivity index (χ1v) is 11.2. The van der Waals surface area contributed by atoms with Crippen molar-refractivity contribution in [2.24, 2.45) is 0 Å². The SMILES string of the molecule is CC1COC2(CCC3(CC2)NC(=O)C(c2cc(-c4ccc(Cl)cc4)ccc2Cl)=C3O)O1. The molecule has 3 aliphatic rings. The molecule has 2 aromatic carbocycles. The predicted octanol–water partition coefficient (Wildman–Crippen LogP) is 5.50. The normalized spacial score (nSPS) is 30.4. The van der Waals surface area contributed by atoms with Crippen LogP contribution in [0.15, 0.2) is 48.2 Å². The lowest BCUT2D eigenvalue weighted by Crippen LogP contribution is -2.51. The van der Waals surface area contributed by atoms with Crippen molar-refractivity contribution < 1.29 is 19.4 Å². The Hall–Kier alpha value is -2.05. The highest BCUT2D eigenvalue weighted by molar-refractivity contribution is 6.36. The summed E-state index contributed by atoms with van der Waals surface area (Å²) in [5.41, 5.74) is 1.77. The molecule has 2 aliphatic heterocycles. The van der Waals surface area contributed by atoms with Gasteiger partial charge in [-0.1, -0.05) is 41.4 Å². The summed E-state index contributed by atoms with van der Waals surface area (Å²) in [5, 5.41) is 15.3.